The third-order valence-corrected chi connectivity index (χ3v) is 5.13. The molecule has 1 aromatic carbocycles. The molecule has 0 saturated carbocycles. The summed E-state index contributed by atoms with van der Waals surface area (Å²) in [6.07, 6.45) is 1.10. The monoisotopic (exact) mass is 355 g/mol. The maximum Gasteiger partial charge on any atom is 0.180 e. The van der Waals surface area contributed by atoms with Gasteiger partial charge in [-0.25, -0.2) is 17.9 Å². The van der Waals surface area contributed by atoms with Crippen LogP contribution < -0.4 is 0 Å². The third kappa shape index (κ3) is 2.58. The Balaban J connectivity index is 2.27. The number of aryl methyl sites for hydroxylation is 1. The van der Waals surface area contributed by atoms with Gasteiger partial charge in [0.05, 0.1) is 11.4 Å². The molecule has 114 valence electrons. The molecule has 3 aromatic rings. The Morgan fingerprint density at radius 2 is 1.77 bits per heavy atom. The molecular weight excluding hydrogens is 345 g/mol. The number of fused-ring (bicyclic) bond motifs is 1. The Kier molecular flexibility index (Phi) is 3.63. The lowest BCUT2D eigenvalue weighted by molar-refractivity contribution is 0.599. The summed E-state index contributed by atoms with van der Waals surface area (Å²) in [7, 11) is -3.49. The maximum absolute atomic E-state index is 11.9. The van der Waals surface area contributed by atoms with Crippen LogP contribution in [0.25, 0.3) is 16.9 Å². The second kappa shape index (κ2) is 5.22. The highest BCUT2D eigenvalue weighted by Gasteiger charge is 2.21. The Morgan fingerprint density at radius 3 is 2.36 bits per heavy atom. The van der Waals surface area contributed by atoms with E-state index in [1.165, 1.54) is 4.52 Å². The number of sulfone groups is 1. The molecule has 0 amide bonds. The van der Waals surface area contributed by atoms with Crippen molar-refractivity contribution in [2.45, 2.75) is 11.8 Å². The van der Waals surface area contributed by atoms with Crippen molar-refractivity contribution in [3.8, 4) is 11.3 Å². The van der Waals surface area contributed by atoms with Crippen LogP contribution >= 0.6 is 23.2 Å². The SMILES string of the molecule is Cc1nc2cc(-c3ccc(Cl)cc3)nn2c(Cl)c1S(C)(=O)=O. The smallest absolute Gasteiger partial charge is 0.180 e. The van der Waals surface area contributed by atoms with Crippen LogP contribution in [-0.4, -0.2) is 29.3 Å². The highest BCUT2D eigenvalue weighted by molar-refractivity contribution is 7.90. The standard InChI is InChI=1S/C14H11Cl2N3O2S/c1-8-13(22(2,20)21)14(16)19-12(17-8)7-11(18-19)9-3-5-10(15)6-4-9/h3-7H,1-2H3. The van der Waals surface area contributed by atoms with Crippen LogP contribution in [0.2, 0.25) is 10.2 Å². The summed E-state index contributed by atoms with van der Waals surface area (Å²) in [6, 6.07) is 8.89. The molecule has 3 rings (SSSR count). The summed E-state index contributed by atoms with van der Waals surface area (Å²) in [6.45, 7) is 1.61. The molecule has 0 bridgehead atoms. The maximum atomic E-state index is 11.9. The first-order chi connectivity index (χ1) is 10.3. The van der Waals surface area contributed by atoms with Crippen LogP contribution in [0, 0.1) is 6.92 Å². The van der Waals surface area contributed by atoms with E-state index in [1.807, 2.05) is 12.1 Å². The number of rotatable bonds is 2. The Morgan fingerprint density at radius 1 is 1.14 bits per heavy atom. The second-order valence-corrected chi connectivity index (χ2v) is 7.64. The van der Waals surface area contributed by atoms with Crippen molar-refractivity contribution in [1.29, 1.82) is 0 Å². The van der Waals surface area contributed by atoms with Crippen molar-refractivity contribution in [3.05, 3.63) is 46.2 Å². The topological polar surface area (TPSA) is 64.3 Å². The van der Waals surface area contributed by atoms with Crippen LogP contribution in [-0.2, 0) is 9.84 Å². The van der Waals surface area contributed by atoms with E-state index in [9.17, 15) is 8.42 Å². The summed E-state index contributed by atoms with van der Waals surface area (Å²) in [5, 5.41) is 5.00. The quantitative estimate of drug-likeness (QED) is 0.660. The van der Waals surface area contributed by atoms with Crippen LogP contribution in [0.3, 0.4) is 0 Å². The number of benzene rings is 1. The molecule has 2 aromatic heterocycles. The highest BCUT2D eigenvalue weighted by atomic mass is 35.5. The molecule has 22 heavy (non-hydrogen) atoms. The zero-order chi connectivity index (χ0) is 16.1. The van der Waals surface area contributed by atoms with Gasteiger partial charge in [-0.2, -0.15) is 5.10 Å². The van der Waals surface area contributed by atoms with Gasteiger partial charge in [0, 0.05) is 22.9 Å². The van der Waals surface area contributed by atoms with E-state index in [2.05, 4.69) is 10.1 Å². The average Bonchev–Trinajstić information content (AvgIpc) is 2.82. The molecular formula is C14H11Cl2N3O2S. The van der Waals surface area contributed by atoms with Crippen LogP contribution in [0.4, 0.5) is 0 Å². The molecule has 0 N–H and O–H groups in total. The number of hydrogen-bond acceptors (Lipinski definition) is 4. The molecule has 0 aliphatic heterocycles. The van der Waals surface area contributed by atoms with Gasteiger partial charge in [-0.05, 0) is 19.1 Å². The van der Waals surface area contributed by atoms with E-state index in [-0.39, 0.29) is 10.0 Å². The highest BCUT2D eigenvalue weighted by Crippen LogP contribution is 2.28. The van der Waals surface area contributed by atoms with Gasteiger partial charge in [0.2, 0.25) is 0 Å². The van der Waals surface area contributed by atoms with Gasteiger partial charge >= 0.3 is 0 Å². The largest absolute Gasteiger partial charge is 0.232 e. The van der Waals surface area contributed by atoms with Gasteiger partial charge in [-0.1, -0.05) is 35.3 Å². The number of aromatic nitrogens is 3. The lowest BCUT2D eigenvalue weighted by atomic mass is 10.2. The van der Waals surface area contributed by atoms with Gasteiger partial charge in [0.15, 0.2) is 20.6 Å². The molecule has 0 saturated heterocycles. The van der Waals surface area contributed by atoms with Crippen molar-refractivity contribution < 1.29 is 8.42 Å². The summed E-state index contributed by atoms with van der Waals surface area (Å²) in [4.78, 5) is 4.27. The van der Waals surface area contributed by atoms with Crippen molar-refractivity contribution in [3.63, 3.8) is 0 Å². The van der Waals surface area contributed by atoms with Crippen molar-refractivity contribution >= 4 is 38.7 Å². The Hall–Kier alpha value is -1.63. The molecule has 0 radical (unpaired) electrons. The molecule has 0 fully saturated rings. The molecule has 0 unspecified atom stereocenters. The van der Waals surface area contributed by atoms with Gasteiger partial charge in [0.25, 0.3) is 0 Å². The van der Waals surface area contributed by atoms with E-state index in [4.69, 9.17) is 23.2 Å². The first kappa shape index (κ1) is 15.3. The van der Waals surface area contributed by atoms with E-state index >= 15 is 0 Å². The molecule has 2 heterocycles. The number of hydrogen-bond donors (Lipinski definition) is 0. The number of nitrogens with zero attached hydrogens (tertiary/aromatic N) is 3. The minimum Gasteiger partial charge on any atom is -0.232 e. The van der Waals surface area contributed by atoms with Crippen LogP contribution in [0.1, 0.15) is 5.69 Å². The van der Waals surface area contributed by atoms with Gasteiger partial charge < -0.3 is 0 Å². The molecule has 0 aliphatic carbocycles. The lowest BCUT2D eigenvalue weighted by Crippen LogP contribution is -2.07. The minimum absolute atomic E-state index is 0.00702. The van der Waals surface area contributed by atoms with Crippen molar-refractivity contribution in [2.75, 3.05) is 6.26 Å². The van der Waals surface area contributed by atoms with Gasteiger partial charge in [-0.15, -0.1) is 0 Å². The van der Waals surface area contributed by atoms with Crippen molar-refractivity contribution in [2.24, 2.45) is 0 Å². The van der Waals surface area contributed by atoms with E-state index < -0.39 is 9.84 Å². The number of halogens is 2. The summed E-state index contributed by atoms with van der Waals surface area (Å²) in [5.41, 5.74) is 2.31. The van der Waals surface area contributed by atoms with Crippen molar-refractivity contribution in [1.82, 2.24) is 14.6 Å². The zero-order valence-corrected chi connectivity index (χ0v) is 14.0. The lowest BCUT2D eigenvalue weighted by Gasteiger charge is -2.06. The van der Waals surface area contributed by atoms with Crippen LogP contribution in [0.5, 0.6) is 0 Å². The van der Waals surface area contributed by atoms with Gasteiger partial charge in [-0.3, -0.25) is 0 Å². The fourth-order valence-electron chi connectivity index (χ4n) is 2.25. The second-order valence-electron chi connectivity index (χ2n) is 4.90. The molecule has 5 nitrogen and oxygen atoms in total. The summed E-state index contributed by atoms with van der Waals surface area (Å²) in [5.74, 6) is 0. The van der Waals surface area contributed by atoms with E-state index in [0.29, 0.717) is 22.1 Å². The molecule has 8 heteroatoms. The summed E-state index contributed by atoms with van der Waals surface area (Å²) < 4.78 is 25.0. The van der Waals surface area contributed by atoms with Crippen LogP contribution in [0.15, 0.2) is 35.2 Å². The molecule has 0 atom stereocenters. The fraction of sp³-hybridized carbons (Fsp3) is 0.143. The predicted octanol–water partition coefficient (Wildman–Crippen LogP) is 3.42. The Bertz CT molecular complexity index is 979. The fourth-order valence-corrected chi connectivity index (χ4v) is 4.03. The first-order valence-corrected chi connectivity index (χ1v) is 8.94. The zero-order valence-electron chi connectivity index (χ0n) is 11.7. The average molecular weight is 356 g/mol. The third-order valence-electron chi connectivity index (χ3n) is 3.19. The Labute approximate surface area is 137 Å². The predicted molar refractivity (Wildman–Crippen MR) is 86.3 cm³/mol. The molecule has 0 aliphatic rings. The van der Waals surface area contributed by atoms with E-state index in [1.54, 1.807) is 25.1 Å². The normalized spacial score (nSPS) is 12.0. The summed E-state index contributed by atoms with van der Waals surface area (Å²) >= 11 is 12.1. The minimum atomic E-state index is -3.49. The van der Waals surface area contributed by atoms with E-state index in [0.717, 1.165) is 11.8 Å². The first-order valence-electron chi connectivity index (χ1n) is 6.29. The molecule has 0 spiro atoms. The van der Waals surface area contributed by atoms with Gasteiger partial charge in [0.1, 0.15) is 4.90 Å².